The number of piperidine rings is 3. The number of nitrogens with one attached hydrogen (secondary N) is 3. The molecule has 4 aliphatic rings. The van der Waals surface area contributed by atoms with Crippen molar-refractivity contribution in [3.05, 3.63) is 0 Å². The van der Waals surface area contributed by atoms with E-state index in [1.807, 2.05) is 6.92 Å². The number of hydrogen-bond donors (Lipinski definition) is 3. The maximum atomic E-state index is 13.0. The number of carbonyl (C=O) groups is 4. The Morgan fingerprint density at radius 2 is 1.00 bits per heavy atom. The van der Waals surface area contributed by atoms with Crippen molar-refractivity contribution in [3.8, 4) is 0 Å². The molecule has 4 saturated heterocycles. The summed E-state index contributed by atoms with van der Waals surface area (Å²) < 4.78 is 11.2. The van der Waals surface area contributed by atoms with Gasteiger partial charge in [0.2, 0.25) is 11.8 Å². The van der Waals surface area contributed by atoms with Crippen molar-refractivity contribution >= 4 is 23.8 Å². The van der Waals surface area contributed by atoms with Gasteiger partial charge in [0, 0.05) is 70.9 Å². The normalized spacial score (nSPS) is 29.5. The molecule has 288 valence electrons. The summed E-state index contributed by atoms with van der Waals surface area (Å²) in [5.41, 5.74) is -0.575. The van der Waals surface area contributed by atoms with Gasteiger partial charge in [0.1, 0.15) is 18.6 Å². The third-order valence-electron chi connectivity index (χ3n) is 10.9. The lowest BCUT2D eigenvalue weighted by Crippen LogP contribution is -2.63. The second kappa shape index (κ2) is 15.1. The fraction of sp³-hybridized carbons (Fsp3) is 0.900. The molecule has 3 atom stereocenters. The first-order chi connectivity index (χ1) is 22.5. The fourth-order valence-corrected chi connectivity index (χ4v) is 9.81. The standard InChI is InChI=1S/C21H38N2O4.C19H34N2O2/c1-18(2)10-14(11-19(3,4)22-18)26-16(24)9-17(25)27-15-12-20(5,6)23-21(7,8)13-15;1-8-12(2)9-15-13(3)16(22)21(17(15)23)14-10-18(4,5)20-19(6,7)11-14/h14-15,22-23H,9-13H2,1-8H3;12-15,20H,8-11H2,1-7H3. The largest absolute Gasteiger partial charge is 0.462 e. The number of rotatable bonds is 8. The van der Waals surface area contributed by atoms with Gasteiger partial charge in [-0.2, -0.15) is 0 Å². The van der Waals surface area contributed by atoms with E-state index in [1.54, 1.807) is 4.90 Å². The first-order valence-electron chi connectivity index (χ1n) is 19.2. The molecular formula is C40H72N4O6. The second-order valence-electron chi connectivity index (χ2n) is 20.1. The van der Waals surface area contributed by atoms with E-state index < -0.39 is 11.9 Å². The summed E-state index contributed by atoms with van der Waals surface area (Å²) in [5.74, 6) is -0.684. The Morgan fingerprint density at radius 3 is 1.34 bits per heavy atom. The van der Waals surface area contributed by atoms with Crippen molar-refractivity contribution in [1.29, 1.82) is 0 Å². The molecule has 10 heteroatoms. The van der Waals surface area contributed by atoms with Crippen LogP contribution < -0.4 is 16.0 Å². The first kappa shape index (κ1) is 42.4. The van der Waals surface area contributed by atoms with Gasteiger partial charge in [0.25, 0.3) is 0 Å². The Morgan fingerprint density at radius 1 is 0.660 bits per heavy atom. The molecule has 4 heterocycles. The van der Waals surface area contributed by atoms with E-state index in [-0.39, 0.29) is 81.6 Å². The third kappa shape index (κ3) is 12.0. The van der Waals surface area contributed by atoms with Crippen LogP contribution in [0.5, 0.6) is 0 Å². The highest BCUT2D eigenvalue weighted by atomic mass is 16.6. The quantitative estimate of drug-likeness (QED) is 0.149. The predicted octanol–water partition coefficient (Wildman–Crippen LogP) is 6.43. The Kier molecular flexibility index (Phi) is 12.8. The smallest absolute Gasteiger partial charge is 0.317 e. The van der Waals surface area contributed by atoms with Crippen molar-refractivity contribution in [3.63, 3.8) is 0 Å². The lowest BCUT2D eigenvalue weighted by molar-refractivity contribution is -0.164. The van der Waals surface area contributed by atoms with Crippen LogP contribution in [0.2, 0.25) is 0 Å². The monoisotopic (exact) mass is 705 g/mol. The summed E-state index contributed by atoms with van der Waals surface area (Å²) in [6.07, 6.45) is 5.77. The summed E-state index contributed by atoms with van der Waals surface area (Å²) in [4.78, 5) is 52.0. The van der Waals surface area contributed by atoms with E-state index in [1.165, 1.54) is 0 Å². The molecule has 0 saturated carbocycles. The second-order valence-corrected chi connectivity index (χ2v) is 20.1. The van der Waals surface area contributed by atoms with Crippen molar-refractivity contribution in [2.45, 2.75) is 213 Å². The molecule has 4 fully saturated rings. The Bertz CT molecular complexity index is 1160. The SMILES string of the molecule is CC1(C)CC(OC(=O)CC(=O)OC2CC(C)(C)NC(C)(C)C2)CC(C)(C)N1.CCC(C)CC1C(=O)N(C2CC(C)(C)NC(C)(C)C2)C(=O)C1C. The number of amides is 2. The van der Waals surface area contributed by atoms with Gasteiger partial charge in [-0.15, -0.1) is 0 Å². The van der Waals surface area contributed by atoms with Crippen molar-refractivity contribution in [2.75, 3.05) is 0 Å². The number of ether oxygens (including phenoxy) is 2. The van der Waals surface area contributed by atoms with Crippen LogP contribution in [0.1, 0.15) is 162 Å². The minimum Gasteiger partial charge on any atom is -0.462 e. The molecule has 0 aliphatic carbocycles. The molecule has 3 N–H and O–H groups in total. The zero-order valence-electron chi connectivity index (χ0n) is 34.2. The minimum atomic E-state index is -0.494. The molecular weight excluding hydrogens is 632 g/mol. The highest BCUT2D eigenvalue weighted by Crippen LogP contribution is 2.39. The van der Waals surface area contributed by atoms with Gasteiger partial charge in [-0.25, -0.2) is 0 Å². The van der Waals surface area contributed by atoms with E-state index in [2.05, 4.69) is 113 Å². The number of imide groups is 1. The van der Waals surface area contributed by atoms with Crippen molar-refractivity contribution < 1.29 is 28.7 Å². The van der Waals surface area contributed by atoms with Crippen LogP contribution in [-0.2, 0) is 28.7 Å². The van der Waals surface area contributed by atoms with E-state index in [0.29, 0.717) is 5.92 Å². The Labute approximate surface area is 303 Å². The molecule has 2 amide bonds. The summed E-state index contributed by atoms with van der Waals surface area (Å²) in [6, 6.07) is 0.0191. The molecule has 0 bridgehead atoms. The van der Waals surface area contributed by atoms with Crippen molar-refractivity contribution in [1.82, 2.24) is 20.9 Å². The van der Waals surface area contributed by atoms with Crippen molar-refractivity contribution in [2.24, 2.45) is 17.8 Å². The minimum absolute atomic E-state index is 0.0191. The molecule has 0 radical (unpaired) electrons. The van der Waals surface area contributed by atoms with Crippen LogP contribution in [0.15, 0.2) is 0 Å². The number of esters is 2. The maximum absolute atomic E-state index is 13.0. The van der Waals surface area contributed by atoms with Crippen LogP contribution in [0, 0.1) is 17.8 Å². The molecule has 0 aromatic heterocycles. The molecule has 10 nitrogen and oxygen atoms in total. The zero-order valence-corrected chi connectivity index (χ0v) is 34.2. The molecule has 3 unspecified atom stereocenters. The van der Waals surface area contributed by atoms with Gasteiger partial charge in [-0.1, -0.05) is 27.2 Å². The predicted molar refractivity (Wildman–Crippen MR) is 198 cm³/mol. The van der Waals surface area contributed by atoms with Crippen LogP contribution in [0.3, 0.4) is 0 Å². The first-order valence-corrected chi connectivity index (χ1v) is 19.2. The number of carbonyl (C=O) groups excluding carboxylic acids is 4. The summed E-state index contributed by atoms with van der Waals surface area (Å²) in [6.45, 7) is 31.7. The summed E-state index contributed by atoms with van der Waals surface area (Å²) in [5, 5.41) is 10.7. The fourth-order valence-electron chi connectivity index (χ4n) is 9.81. The lowest BCUT2D eigenvalue weighted by Gasteiger charge is -2.48. The zero-order chi connectivity index (χ0) is 38.3. The highest BCUT2D eigenvalue weighted by Gasteiger charge is 2.51. The number of hydrogen-bond acceptors (Lipinski definition) is 9. The number of likely N-dealkylation sites (tertiary alicyclic amines) is 1. The van der Waals surface area contributed by atoms with Gasteiger partial charge >= 0.3 is 11.9 Å². The Hall–Kier alpha value is -2.04. The number of nitrogens with zero attached hydrogens (tertiary/aromatic N) is 1. The van der Waals surface area contributed by atoms with Crippen LogP contribution in [0.4, 0.5) is 0 Å². The maximum Gasteiger partial charge on any atom is 0.317 e. The van der Waals surface area contributed by atoms with Gasteiger partial charge in [-0.05, 0) is 108 Å². The van der Waals surface area contributed by atoms with E-state index in [0.717, 1.165) is 51.4 Å². The highest BCUT2D eigenvalue weighted by molar-refractivity contribution is 6.05. The summed E-state index contributed by atoms with van der Waals surface area (Å²) in [7, 11) is 0. The molecule has 50 heavy (non-hydrogen) atoms. The lowest BCUT2D eigenvalue weighted by atomic mass is 9.79. The molecule has 4 aliphatic heterocycles. The molecule has 4 rings (SSSR count). The Balaban J connectivity index is 0.000000274. The van der Waals surface area contributed by atoms with E-state index in [9.17, 15) is 19.2 Å². The average Bonchev–Trinajstić information content (AvgIpc) is 3.05. The van der Waals surface area contributed by atoms with Gasteiger partial charge in [0.05, 0.1) is 5.92 Å². The topological polar surface area (TPSA) is 126 Å². The molecule has 0 aromatic carbocycles. The van der Waals surface area contributed by atoms with Gasteiger partial charge in [-0.3, -0.25) is 24.1 Å². The average molecular weight is 705 g/mol. The molecule has 0 spiro atoms. The third-order valence-corrected chi connectivity index (χ3v) is 10.9. The van der Waals surface area contributed by atoms with Crippen LogP contribution in [-0.4, -0.2) is 80.1 Å². The van der Waals surface area contributed by atoms with E-state index in [4.69, 9.17) is 9.47 Å². The van der Waals surface area contributed by atoms with Gasteiger partial charge in [0.15, 0.2) is 0 Å². The molecule has 0 aromatic rings. The van der Waals surface area contributed by atoms with E-state index >= 15 is 0 Å². The van der Waals surface area contributed by atoms with Gasteiger partial charge < -0.3 is 25.4 Å². The van der Waals surface area contributed by atoms with Crippen LogP contribution >= 0.6 is 0 Å². The van der Waals surface area contributed by atoms with Crippen LogP contribution in [0.25, 0.3) is 0 Å². The summed E-state index contributed by atoms with van der Waals surface area (Å²) >= 11 is 0.